The molecule has 3 heterocycles. The van der Waals surface area contributed by atoms with Gasteiger partial charge in [-0.15, -0.1) is 0 Å². The van der Waals surface area contributed by atoms with E-state index in [-0.39, 0.29) is 43.7 Å². The Labute approximate surface area is 370 Å². The van der Waals surface area contributed by atoms with Crippen LogP contribution in [0.2, 0.25) is 0 Å². The van der Waals surface area contributed by atoms with Crippen LogP contribution in [0.25, 0.3) is 0 Å². The summed E-state index contributed by atoms with van der Waals surface area (Å²) in [5.74, 6) is -3.22. The van der Waals surface area contributed by atoms with Crippen molar-refractivity contribution in [3.63, 3.8) is 0 Å². The molecule has 4 N–H and O–H groups in total. The standard InChI is InChI=1S/C47H80N2O13/c1-16-35-47(11,55)40(51)31(7)49(14)25-27(3)23-45(9,54)42(29(5)38(30(6)43(53)59-35)61-37-24-46(10,56-15)41(52)32(8)58-37)62-44-39(34(48(12)13)21-28(4)57-44)60-36(50)22-33-19-17-26(2)18-20-33/h17-20,27-32,34-35,37-42,44,51-52,54-55H,16,21-25H2,1-15H3/t27-,28-,29+,30-,31-,32+,34+,35-,37+,38+,39-,40-,41+,42-,44+,45-,46-,47-/m1/s1. The van der Waals surface area contributed by atoms with Gasteiger partial charge in [0.25, 0.3) is 0 Å². The average molecular weight is 881 g/mol. The average Bonchev–Trinajstić information content (AvgIpc) is 3.19. The molecule has 3 aliphatic rings. The summed E-state index contributed by atoms with van der Waals surface area (Å²) in [6.07, 6.45) is -8.56. The summed E-state index contributed by atoms with van der Waals surface area (Å²) in [7, 11) is 7.17. The number of nitrogens with zero attached hydrogens (tertiary/aromatic N) is 2. The Morgan fingerprint density at radius 1 is 0.935 bits per heavy atom. The Morgan fingerprint density at radius 2 is 1.56 bits per heavy atom. The molecule has 0 aromatic heterocycles. The van der Waals surface area contributed by atoms with Crippen molar-refractivity contribution >= 4 is 11.9 Å². The molecule has 4 rings (SSSR count). The summed E-state index contributed by atoms with van der Waals surface area (Å²) in [4.78, 5) is 32.1. The zero-order valence-corrected chi connectivity index (χ0v) is 40.1. The second-order valence-electron chi connectivity index (χ2n) is 19.8. The first-order chi connectivity index (χ1) is 28.8. The molecular formula is C47H80N2O13. The molecule has 0 radical (unpaired) electrons. The Kier molecular flexibility index (Phi) is 18.0. The largest absolute Gasteiger partial charge is 0.459 e. The minimum Gasteiger partial charge on any atom is -0.459 e. The monoisotopic (exact) mass is 881 g/mol. The van der Waals surface area contributed by atoms with Gasteiger partial charge in [0.1, 0.15) is 23.9 Å². The SMILES string of the molecule is CC[C@H]1OC(=O)[C@H](C)[C@@H](O[C@H]2C[C@@](C)(OC)[C@@H](O)[C@H](C)O2)[C@H](C)[C@@H](O[C@@H]2O[C@H](C)C[C@H](N(C)C)[C@H]2OC(=O)Cc2ccc(C)cc2)[C@](C)(O)C[C@@H](C)CN(C)[C@H](C)[C@@H](O)[C@]1(C)O. The fourth-order valence-corrected chi connectivity index (χ4v) is 9.91. The second-order valence-corrected chi connectivity index (χ2v) is 19.8. The topological polar surface area (TPSA) is 186 Å². The van der Waals surface area contributed by atoms with Crippen molar-refractivity contribution in [2.45, 2.75) is 199 Å². The zero-order chi connectivity index (χ0) is 46.6. The molecule has 356 valence electrons. The van der Waals surface area contributed by atoms with E-state index < -0.39 is 102 Å². The minimum atomic E-state index is -1.83. The summed E-state index contributed by atoms with van der Waals surface area (Å²) < 4.78 is 44.8. The van der Waals surface area contributed by atoms with E-state index in [2.05, 4.69) is 0 Å². The molecule has 62 heavy (non-hydrogen) atoms. The van der Waals surface area contributed by atoms with E-state index in [1.807, 2.05) is 82.9 Å². The zero-order valence-electron chi connectivity index (χ0n) is 40.1. The van der Waals surface area contributed by atoms with Crippen LogP contribution in [0.4, 0.5) is 0 Å². The van der Waals surface area contributed by atoms with E-state index in [4.69, 9.17) is 33.2 Å². The summed E-state index contributed by atoms with van der Waals surface area (Å²) in [6.45, 7) is 20.0. The van der Waals surface area contributed by atoms with Gasteiger partial charge in [0.2, 0.25) is 0 Å². The quantitative estimate of drug-likeness (QED) is 0.247. The number of aliphatic hydroxyl groups is 4. The number of likely N-dealkylation sites (N-methyl/N-ethyl adjacent to an activating group) is 2. The first-order valence-electron chi connectivity index (χ1n) is 22.6. The van der Waals surface area contributed by atoms with Gasteiger partial charge in [-0.2, -0.15) is 0 Å². The van der Waals surface area contributed by atoms with Crippen LogP contribution in [0, 0.1) is 24.7 Å². The van der Waals surface area contributed by atoms with Crippen LogP contribution < -0.4 is 0 Å². The molecular weight excluding hydrogens is 801 g/mol. The van der Waals surface area contributed by atoms with Gasteiger partial charge in [0.05, 0.1) is 54.0 Å². The molecule has 0 saturated carbocycles. The van der Waals surface area contributed by atoms with E-state index in [0.29, 0.717) is 13.0 Å². The normalized spacial score (nSPS) is 43.4. The van der Waals surface area contributed by atoms with Gasteiger partial charge in [0.15, 0.2) is 18.7 Å². The first-order valence-corrected chi connectivity index (χ1v) is 22.6. The van der Waals surface area contributed by atoms with Crippen molar-refractivity contribution in [1.29, 1.82) is 0 Å². The lowest BCUT2D eigenvalue weighted by Gasteiger charge is -2.49. The van der Waals surface area contributed by atoms with Crippen molar-refractivity contribution < 1.29 is 63.2 Å². The third-order valence-corrected chi connectivity index (χ3v) is 13.9. The number of carbonyl (C=O) groups is 2. The molecule has 0 bridgehead atoms. The van der Waals surface area contributed by atoms with E-state index in [0.717, 1.165) is 11.1 Å². The fourth-order valence-electron chi connectivity index (χ4n) is 9.91. The molecule has 0 unspecified atom stereocenters. The van der Waals surface area contributed by atoms with Crippen LogP contribution in [-0.4, -0.2) is 167 Å². The number of rotatable bonds is 10. The minimum absolute atomic E-state index is 0.0327. The van der Waals surface area contributed by atoms with E-state index in [1.165, 1.54) is 14.0 Å². The molecule has 1 aromatic rings. The number of hydrogen-bond donors (Lipinski definition) is 4. The molecule has 3 aliphatic heterocycles. The third kappa shape index (κ3) is 12.3. The summed E-state index contributed by atoms with van der Waals surface area (Å²) in [6, 6.07) is 6.79. The number of aliphatic hydroxyl groups excluding tert-OH is 2. The Balaban J connectivity index is 1.85. The Hall–Kier alpha value is -2.28. The van der Waals surface area contributed by atoms with Gasteiger partial charge in [-0.3, -0.25) is 9.59 Å². The maximum absolute atomic E-state index is 14.5. The summed E-state index contributed by atoms with van der Waals surface area (Å²) in [5, 5.41) is 47.4. The molecule has 1 aromatic carbocycles. The predicted molar refractivity (Wildman–Crippen MR) is 233 cm³/mol. The second kappa shape index (κ2) is 21.4. The lowest BCUT2D eigenvalue weighted by atomic mass is 9.77. The number of methoxy groups -OCH3 is 1. The summed E-state index contributed by atoms with van der Waals surface area (Å²) >= 11 is 0. The lowest BCUT2D eigenvalue weighted by Crippen LogP contribution is -2.61. The Morgan fingerprint density at radius 3 is 2.15 bits per heavy atom. The highest BCUT2D eigenvalue weighted by Crippen LogP contribution is 2.40. The van der Waals surface area contributed by atoms with Crippen LogP contribution in [0.5, 0.6) is 0 Å². The number of carbonyl (C=O) groups excluding carboxylic acids is 2. The smallest absolute Gasteiger partial charge is 0.311 e. The van der Waals surface area contributed by atoms with Gasteiger partial charge < -0.3 is 63.4 Å². The number of aryl methyl sites for hydroxylation is 1. The molecule has 15 heteroatoms. The highest BCUT2D eigenvalue weighted by molar-refractivity contribution is 5.73. The first kappa shape index (κ1) is 52.3. The maximum atomic E-state index is 14.5. The van der Waals surface area contributed by atoms with Gasteiger partial charge >= 0.3 is 11.9 Å². The fraction of sp³-hybridized carbons (Fsp3) is 0.830. The molecule has 0 spiro atoms. The summed E-state index contributed by atoms with van der Waals surface area (Å²) in [5.41, 5.74) is -2.64. The molecule has 15 nitrogen and oxygen atoms in total. The lowest BCUT2D eigenvalue weighted by molar-refractivity contribution is -0.319. The van der Waals surface area contributed by atoms with Crippen molar-refractivity contribution in [2.75, 3.05) is 34.8 Å². The van der Waals surface area contributed by atoms with Crippen LogP contribution in [0.3, 0.4) is 0 Å². The van der Waals surface area contributed by atoms with Crippen LogP contribution in [0.15, 0.2) is 24.3 Å². The molecule has 3 saturated heterocycles. The highest BCUT2D eigenvalue weighted by Gasteiger charge is 2.53. The van der Waals surface area contributed by atoms with Gasteiger partial charge in [-0.05, 0) is 107 Å². The van der Waals surface area contributed by atoms with E-state index >= 15 is 0 Å². The van der Waals surface area contributed by atoms with Crippen molar-refractivity contribution in [2.24, 2.45) is 17.8 Å². The van der Waals surface area contributed by atoms with Gasteiger partial charge in [-0.25, -0.2) is 0 Å². The molecule has 0 amide bonds. The highest BCUT2D eigenvalue weighted by atomic mass is 16.7. The van der Waals surface area contributed by atoms with Crippen molar-refractivity contribution in [3.8, 4) is 0 Å². The van der Waals surface area contributed by atoms with Crippen LogP contribution >= 0.6 is 0 Å². The number of hydrogen-bond acceptors (Lipinski definition) is 15. The van der Waals surface area contributed by atoms with Crippen molar-refractivity contribution in [3.05, 3.63) is 35.4 Å². The van der Waals surface area contributed by atoms with E-state index in [1.54, 1.807) is 41.5 Å². The van der Waals surface area contributed by atoms with Crippen molar-refractivity contribution in [1.82, 2.24) is 9.80 Å². The van der Waals surface area contributed by atoms with Crippen LogP contribution in [-0.2, 0) is 49.2 Å². The van der Waals surface area contributed by atoms with Gasteiger partial charge in [-0.1, -0.05) is 50.6 Å². The molecule has 18 atom stereocenters. The molecule has 0 aliphatic carbocycles. The third-order valence-electron chi connectivity index (χ3n) is 13.9. The molecule has 3 fully saturated rings. The number of ether oxygens (including phenoxy) is 7. The predicted octanol–water partition coefficient (Wildman–Crippen LogP) is 4.00. The Bertz CT molecular complexity index is 1590. The van der Waals surface area contributed by atoms with Gasteiger partial charge in [0, 0.05) is 32.0 Å². The maximum Gasteiger partial charge on any atom is 0.311 e. The number of cyclic esters (lactones) is 1. The number of benzene rings is 1. The van der Waals surface area contributed by atoms with E-state index in [9.17, 15) is 30.0 Å². The number of esters is 2. The van der Waals surface area contributed by atoms with Crippen LogP contribution in [0.1, 0.15) is 106 Å².